The molecule has 96 heavy (non-hydrogen) atoms. The number of ether oxygens (including phenoxy) is 6. The number of rotatable bonds is 54. The summed E-state index contributed by atoms with van der Waals surface area (Å²) < 4.78 is 34.3. The Bertz CT molecular complexity index is 2260. The standard InChI is InChI=1S/C77H127NO18/c1-3-5-7-9-11-13-15-17-19-21-23-24-25-26-27-28-29-30-31-32-33-34-35-36-37-39-41-43-45-47-49-51-53-55-65(83)78-60(61(82)54-52-50-48-46-44-42-40-38-22-20-18-16-14-12-10-8-6-4-2)59-91-75-71(89)68(86)73(63(57-80)93-75)96-77-72(90)69(87)74(64(58-81)94-77)95-76-70(88)67(85)66(84)62(56-79)92-76/h5,7,11,13,17,19,22-24,26-27,29-30,32-33,35-36,38,44,46,52,54,60-64,66-77,79-82,84-90H,3-4,6,8-10,12,14-16,18,20-21,25,28,31,34,37,39-43,45,47-51,53,55-59H2,1-2H3,(H,78,83)/b7-5-,13-11-,19-17-,24-23-,27-26-,30-29-,33-32-,36-35-,38-22+,46-44+,54-52+. The van der Waals surface area contributed by atoms with Gasteiger partial charge in [0.1, 0.15) is 73.2 Å². The van der Waals surface area contributed by atoms with Gasteiger partial charge in [-0.15, -0.1) is 0 Å². The van der Waals surface area contributed by atoms with Gasteiger partial charge in [-0.2, -0.15) is 0 Å². The van der Waals surface area contributed by atoms with Crippen LogP contribution in [-0.2, 0) is 33.2 Å². The maximum Gasteiger partial charge on any atom is 0.220 e. The van der Waals surface area contributed by atoms with Crippen LogP contribution in [0.5, 0.6) is 0 Å². The van der Waals surface area contributed by atoms with Crippen molar-refractivity contribution in [2.24, 2.45) is 0 Å². The van der Waals surface area contributed by atoms with E-state index < -0.39 is 124 Å². The molecule has 3 fully saturated rings. The van der Waals surface area contributed by atoms with E-state index in [1.807, 2.05) is 6.08 Å². The maximum atomic E-state index is 13.4. The molecule has 12 N–H and O–H groups in total. The van der Waals surface area contributed by atoms with Crippen LogP contribution in [0.2, 0.25) is 0 Å². The lowest BCUT2D eigenvalue weighted by Gasteiger charge is -2.48. The summed E-state index contributed by atoms with van der Waals surface area (Å²) >= 11 is 0. The van der Waals surface area contributed by atoms with E-state index in [1.54, 1.807) is 6.08 Å². The van der Waals surface area contributed by atoms with Gasteiger partial charge in [-0.3, -0.25) is 4.79 Å². The van der Waals surface area contributed by atoms with Crippen LogP contribution in [0.4, 0.5) is 0 Å². The number of hydrogen-bond donors (Lipinski definition) is 12. The highest BCUT2D eigenvalue weighted by Gasteiger charge is 2.53. The van der Waals surface area contributed by atoms with Gasteiger partial charge in [0.2, 0.25) is 5.91 Å². The molecule has 0 radical (unpaired) electrons. The summed E-state index contributed by atoms with van der Waals surface area (Å²) in [4.78, 5) is 13.4. The first-order valence-electron chi connectivity index (χ1n) is 36.4. The van der Waals surface area contributed by atoms with E-state index in [0.717, 1.165) is 122 Å². The van der Waals surface area contributed by atoms with Crippen molar-refractivity contribution in [1.82, 2.24) is 5.32 Å². The Hall–Kier alpha value is -4.07. The van der Waals surface area contributed by atoms with Crippen molar-refractivity contribution in [3.63, 3.8) is 0 Å². The highest BCUT2D eigenvalue weighted by Crippen LogP contribution is 2.33. The minimum Gasteiger partial charge on any atom is -0.394 e. The number of allylic oxidation sites excluding steroid dienone is 21. The zero-order valence-electron chi connectivity index (χ0n) is 58.0. The monoisotopic (exact) mass is 1350 g/mol. The minimum absolute atomic E-state index is 0.213. The van der Waals surface area contributed by atoms with Crippen molar-refractivity contribution < 1.29 is 89.4 Å². The molecule has 17 atom stereocenters. The number of hydrogen-bond acceptors (Lipinski definition) is 18. The van der Waals surface area contributed by atoms with Crippen molar-refractivity contribution in [3.8, 4) is 0 Å². The number of carbonyl (C=O) groups excluding carboxylic acids is 1. The van der Waals surface area contributed by atoms with E-state index in [9.17, 15) is 61.0 Å². The van der Waals surface area contributed by atoms with Crippen molar-refractivity contribution in [3.05, 3.63) is 134 Å². The van der Waals surface area contributed by atoms with Gasteiger partial charge < -0.3 is 89.9 Å². The molecule has 3 saturated heterocycles. The summed E-state index contributed by atoms with van der Waals surface area (Å²) in [6.45, 7) is 1.56. The van der Waals surface area contributed by atoms with Crippen LogP contribution in [0.15, 0.2) is 134 Å². The van der Waals surface area contributed by atoms with E-state index >= 15 is 0 Å². The van der Waals surface area contributed by atoms with Crippen LogP contribution in [0.3, 0.4) is 0 Å². The molecule has 19 heteroatoms. The lowest BCUT2D eigenvalue weighted by atomic mass is 9.96. The molecule has 17 unspecified atom stereocenters. The van der Waals surface area contributed by atoms with E-state index in [0.29, 0.717) is 12.8 Å². The number of nitrogens with one attached hydrogen (secondary N) is 1. The van der Waals surface area contributed by atoms with Crippen molar-refractivity contribution in [1.29, 1.82) is 0 Å². The third kappa shape index (κ3) is 37.4. The largest absolute Gasteiger partial charge is 0.394 e. The molecule has 1 amide bonds. The molecule has 0 aromatic rings. The number of amides is 1. The normalized spacial score (nSPS) is 27.9. The fraction of sp³-hybridized carbons (Fsp3) is 0.701. The molecule has 19 nitrogen and oxygen atoms in total. The van der Waals surface area contributed by atoms with Crippen LogP contribution >= 0.6 is 0 Å². The van der Waals surface area contributed by atoms with Crippen LogP contribution < -0.4 is 5.32 Å². The third-order valence-electron chi connectivity index (χ3n) is 17.2. The summed E-state index contributed by atoms with van der Waals surface area (Å²) in [5.41, 5.74) is 0. The molecule has 0 aromatic carbocycles. The third-order valence-corrected chi connectivity index (χ3v) is 17.2. The van der Waals surface area contributed by atoms with Gasteiger partial charge in [0.05, 0.1) is 38.6 Å². The van der Waals surface area contributed by atoms with E-state index in [2.05, 4.69) is 141 Å². The Balaban J connectivity index is 1.41. The second-order valence-corrected chi connectivity index (χ2v) is 25.3. The second-order valence-electron chi connectivity index (χ2n) is 25.3. The van der Waals surface area contributed by atoms with Gasteiger partial charge in [0, 0.05) is 6.42 Å². The molecule has 3 rings (SSSR count). The summed E-state index contributed by atoms with van der Waals surface area (Å²) in [5, 5.41) is 121. The summed E-state index contributed by atoms with van der Waals surface area (Å²) in [5.74, 6) is -0.304. The molecule has 0 bridgehead atoms. The fourth-order valence-corrected chi connectivity index (χ4v) is 11.3. The molecular weight excluding hydrogens is 1230 g/mol. The molecular formula is C77H127NO18. The zero-order valence-corrected chi connectivity index (χ0v) is 58.0. The van der Waals surface area contributed by atoms with Gasteiger partial charge in [-0.25, -0.2) is 0 Å². The van der Waals surface area contributed by atoms with Gasteiger partial charge in [-0.1, -0.05) is 231 Å². The summed E-state index contributed by atoms with van der Waals surface area (Å²) in [6, 6.07) is -1.01. The first-order chi connectivity index (χ1) is 46.8. The number of aliphatic hydroxyl groups is 11. The molecule has 3 aliphatic rings. The second kappa shape index (κ2) is 56.7. The molecule has 0 aliphatic carbocycles. The first kappa shape index (κ1) is 86.2. The Kier molecular flexibility index (Phi) is 50.8. The van der Waals surface area contributed by atoms with Crippen LogP contribution in [-0.4, -0.2) is 193 Å². The molecule has 0 spiro atoms. The fourth-order valence-electron chi connectivity index (χ4n) is 11.3. The minimum atomic E-state index is -1.99. The summed E-state index contributed by atoms with van der Waals surface area (Å²) in [7, 11) is 0. The SMILES string of the molecule is CC/C=C\C/C=C\C/C=C\C/C=C\C/C=C\C/C=C\C/C=C\C/C=C\CCCCCCCCCCC(=O)NC(COC1OC(CO)C(OC2OC(CO)C(OC3OC(CO)C(O)C(O)C3O)C(O)C2O)C(O)C1O)C(O)/C=C/CC/C=C/CC/C=C/CCCCCCCCCC. The summed E-state index contributed by atoms with van der Waals surface area (Å²) in [6.07, 6.45) is 52.8. The van der Waals surface area contributed by atoms with Crippen LogP contribution in [0.1, 0.15) is 213 Å². The number of unbranched alkanes of at least 4 members (excludes halogenated alkanes) is 18. The van der Waals surface area contributed by atoms with Gasteiger partial charge in [0.15, 0.2) is 18.9 Å². The number of carbonyl (C=O) groups is 1. The molecule has 3 aliphatic heterocycles. The predicted octanol–water partition coefficient (Wildman–Crippen LogP) is 10.5. The van der Waals surface area contributed by atoms with E-state index in [-0.39, 0.29) is 18.9 Å². The highest BCUT2D eigenvalue weighted by molar-refractivity contribution is 5.76. The van der Waals surface area contributed by atoms with E-state index in [1.165, 1.54) is 57.8 Å². The zero-order chi connectivity index (χ0) is 69.6. The highest BCUT2D eigenvalue weighted by atomic mass is 16.8. The van der Waals surface area contributed by atoms with Gasteiger partial charge in [0.25, 0.3) is 0 Å². The Morgan fingerprint density at radius 3 is 1.17 bits per heavy atom. The molecule has 0 aromatic heterocycles. The quantitative estimate of drug-likeness (QED) is 0.0199. The van der Waals surface area contributed by atoms with Crippen molar-refractivity contribution in [2.75, 3.05) is 26.4 Å². The van der Waals surface area contributed by atoms with E-state index in [4.69, 9.17) is 28.4 Å². The predicted molar refractivity (Wildman–Crippen MR) is 378 cm³/mol. The number of aliphatic hydroxyl groups excluding tert-OH is 11. The Morgan fingerprint density at radius 1 is 0.385 bits per heavy atom. The Morgan fingerprint density at radius 2 is 0.729 bits per heavy atom. The average molecular weight is 1350 g/mol. The van der Waals surface area contributed by atoms with Crippen LogP contribution in [0, 0.1) is 0 Å². The van der Waals surface area contributed by atoms with Gasteiger partial charge >= 0.3 is 0 Å². The maximum absolute atomic E-state index is 13.4. The van der Waals surface area contributed by atoms with Gasteiger partial charge in [-0.05, 0) is 109 Å². The topological polar surface area (TPSA) is 307 Å². The lowest BCUT2D eigenvalue weighted by Crippen LogP contribution is -2.66. The van der Waals surface area contributed by atoms with Crippen molar-refractivity contribution in [2.45, 2.75) is 317 Å². The van der Waals surface area contributed by atoms with Crippen molar-refractivity contribution >= 4 is 5.91 Å². The lowest BCUT2D eigenvalue weighted by molar-refractivity contribution is -0.379. The molecule has 0 saturated carbocycles. The van der Waals surface area contributed by atoms with Crippen LogP contribution in [0.25, 0.3) is 0 Å². The molecule has 548 valence electrons. The molecule has 3 heterocycles. The Labute approximate surface area is 575 Å². The smallest absolute Gasteiger partial charge is 0.220 e. The average Bonchev–Trinajstić information content (AvgIpc) is 0.787. The first-order valence-corrected chi connectivity index (χ1v) is 36.4.